The molecule has 0 spiro atoms. The smallest absolute Gasteiger partial charge is 0.212 e. The van der Waals surface area contributed by atoms with Gasteiger partial charge in [-0.2, -0.15) is 0 Å². The molecule has 3 nitrogen and oxygen atoms in total. The van der Waals surface area contributed by atoms with E-state index < -0.39 is 10.0 Å². The van der Waals surface area contributed by atoms with Crippen LogP contribution in [0.15, 0.2) is 48.5 Å². The van der Waals surface area contributed by atoms with Gasteiger partial charge in [-0.1, -0.05) is 59.6 Å². The molecule has 1 atom stereocenters. The number of hydrogen-bond acceptors (Lipinski definition) is 2. The molecule has 124 valence electrons. The lowest BCUT2D eigenvalue weighted by molar-refractivity contribution is 0.546. The summed E-state index contributed by atoms with van der Waals surface area (Å²) in [7, 11) is -3.50. The van der Waals surface area contributed by atoms with Crippen LogP contribution >= 0.6 is 23.2 Å². The molecule has 1 N–H and O–H groups in total. The Morgan fingerprint density at radius 1 is 1.00 bits per heavy atom. The topological polar surface area (TPSA) is 46.2 Å². The van der Waals surface area contributed by atoms with Crippen LogP contribution in [0.5, 0.6) is 0 Å². The molecular formula is C17H19Cl2NO2S. The molecule has 0 unspecified atom stereocenters. The minimum Gasteiger partial charge on any atom is -0.212 e. The Balaban J connectivity index is 1.95. The average Bonchev–Trinajstić information content (AvgIpc) is 2.50. The number of rotatable bonds is 7. The summed E-state index contributed by atoms with van der Waals surface area (Å²) in [5.74, 6) is -0.221. The number of nitrogens with one attached hydrogen (secondary N) is 1. The van der Waals surface area contributed by atoms with Gasteiger partial charge in [0, 0.05) is 21.7 Å². The van der Waals surface area contributed by atoms with Gasteiger partial charge in [0.15, 0.2) is 0 Å². The summed E-state index contributed by atoms with van der Waals surface area (Å²) in [6, 6.07) is 14.8. The van der Waals surface area contributed by atoms with Gasteiger partial charge < -0.3 is 0 Å². The third kappa shape index (κ3) is 5.81. The molecule has 0 radical (unpaired) electrons. The second-order valence-electron chi connectivity index (χ2n) is 5.50. The Kier molecular flexibility index (Phi) is 6.48. The highest BCUT2D eigenvalue weighted by Gasteiger charge is 2.18. The third-order valence-corrected chi connectivity index (χ3v) is 5.62. The zero-order chi connectivity index (χ0) is 16.9. The summed E-state index contributed by atoms with van der Waals surface area (Å²) >= 11 is 12.1. The lowest BCUT2D eigenvalue weighted by Crippen LogP contribution is -2.34. The monoisotopic (exact) mass is 371 g/mol. The number of hydrogen-bond donors (Lipinski definition) is 1. The van der Waals surface area contributed by atoms with Crippen molar-refractivity contribution in [3.8, 4) is 0 Å². The summed E-state index contributed by atoms with van der Waals surface area (Å²) in [5, 5.41) is 0.722. The zero-order valence-electron chi connectivity index (χ0n) is 12.8. The standard InChI is InChI=1S/C17H19Cl2NO2S/c1-13(10-11-14-6-3-2-4-7-14)20-23(21,22)12-15-16(18)8-5-9-17(15)19/h2-9,13,20H,10-12H2,1H3/t13-/m1/s1. The van der Waals surface area contributed by atoms with Crippen molar-refractivity contribution >= 4 is 33.2 Å². The van der Waals surface area contributed by atoms with E-state index in [4.69, 9.17) is 23.2 Å². The van der Waals surface area contributed by atoms with Crippen LogP contribution in [0.3, 0.4) is 0 Å². The highest BCUT2D eigenvalue weighted by molar-refractivity contribution is 7.88. The highest BCUT2D eigenvalue weighted by atomic mass is 35.5. The molecule has 2 aromatic rings. The van der Waals surface area contributed by atoms with Gasteiger partial charge in [0.05, 0.1) is 5.75 Å². The van der Waals surface area contributed by atoms with Gasteiger partial charge >= 0.3 is 0 Å². The Hall–Kier alpha value is -1.07. The first-order valence-electron chi connectivity index (χ1n) is 7.34. The van der Waals surface area contributed by atoms with Crippen LogP contribution < -0.4 is 4.72 Å². The number of benzene rings is 2. The number of aryl methyl sites for hydroxylation is 1. The van der Waals surface area contributed by atoms with Crippen LogP contribution in [0, 0.1) is 0 Å². The minimum absolute atomic E-state index is 0.165. The van der Waals surface area contributed by atoms with E-state index in [1.54, 1.807) is 18.2 Å². The lowest BCUT2D eigenvalue weighted by Gasteiger charge is -2.15. The zero-order valence-corrected chi connectivity index (χ0v) is 15.1. The summed E-state index contributed by atoms with van der Waals surface area (Å²) in [4.78, 5) is 0. The molecule has 0 fully saturated rings. The Labute approximate surface area is 147 Å². The van der Waals surface area contributed by atoms with Crippen molar-refractivity contribution < 1.29 is 8.42 Å². The van der Waals surface area contributed by atoms with E-state index >= 15 is 0 Å². The normalized spacial score (nSPS) is 13.0. The molecule has 0 heterocycles. The fourth-order valence-electron chi connectivity index (χ4n) is 2.30. The summed E-state index contributed by atoms with van der Waals surface area (Å²) in [6.07, 6.45) is 1.54. The van der Waals surface area contributed by atoms with E-state index in [0.29, 0.717) is 15.6 Å². The second-order valence-corrected chi connectivity index (χ2v) is 8.07. The first-order valence-corrected chi connectivity index (χ1v) is 9.75. The van der Waals surface area contributed by atoms with Gasteiger partial charge in [-0.25, -0.2) is 13.1 Å². The SMILES string of the molecule is C[C@H](CCc1ccccc1)NS(=O)(=O)Cc1c(Cl)cccc1Cl. The van der Waals surface area contributed by atoms with Gasteiger partial charge in [0.1, 0.15) is 0 Å². The molecule has 0 saturated heterocycles. The molecule has 2 rings (SSSR count). The summed E-state index contributed by atoms with van der Waals surface area (Å²) in [5.41, 5.74) is 1.62. The van der Waals surface area contributed by atoms with Gasteiger partial charge in [-0.05, 0) is 37.5 Å². The van der Waals surface area contributed by atoms with E-state index in [1.165, 1.54) is 5.56 Å². The molecule has 0 aliphatic rings. The van der Waals surface area contributed by atoms with Gasteiger partial charge in [-0.15, -0.1) is 0 Å². The maximum atomic E-state index is 12.3. The van der Waals surface area contributed by atoms with Crippen molar-refractivity contribution in [2.24, 2.45) is 0 Å². The van der Waals surface area contributed by atoms with Crippen LogP contribution in [0.1, 0.15) is 24.5 Å². The van der Waals surface area contributed by atoms with Gasteiger partial charge in [0.25, 0.3) is 0 Å². The molecule has 0 aromatic heterocycles. The third-order valence-electron chi connectivity index (χ3n) is 3.49. The summed E-state index contributed by atoms with van der Waals surface area (Å²) in [6.45, 7) is 1.86. The highest BCUT2D eigenvalue weighted by Crippen LogP contribution is 2.26. The van der Waals surface area contributed by atoms with Crippen molar-refractivity contribution in [3.63, 3.8) is 0 Å². The van der Waals surface area contributed by atoms with Gasteiger partial charge in [-0.3, -0.25) is 0 Å². The molecule has 2 aromatic carbocycles. The molecule has 0 aliphatic heterocycles. The minimum atomic E-state index is -3.50. The van der Waals surface area contributed by atoms with Crippen LogP contribution in [-0.4, -0.2) is 14.5 Å². The van der Waals surface area contributed by atoms with E-state index in [9.17, 15) is 8.42 Å². The lowest BCUT2D eigenvalue weighted by atomic mass is 10.1. The van der Waals surface area contributed by atoms with E-state index in [1.807, 2.05) is 37.3 Å². The average molecular weight is 372 g/mol. The van der Waals surface area contributed by atoms with Gasteiger partial charge in [0.2, 0.25) is 10.0 Å². The number of sulfonamides is 1. The molecule has 0 saturated carbocycles. The fraction of sp³-hybridized carbons (Fsp3) is 0.294. The first-order chi connectivity index (χ1) is 10.9. The fourth-order valence-corrected chi connectivity index (χ4v) is 4.49. The Morgan fingerprint density at radius 2 is 1.61 bits per heavy atom. The summed E-state index contributed by atoms with van der Waals surface area (Å²) < 4.78 is 27.3. The molecule has 23 heavy (non-hydrogen) atoms. The van der Waals surface area contributed by atoms with Crippen molar-refractivity contribution in [3.05, 3.63) is 69.7 Å². The Morgan fingerprint density at radius 3 is 2.22 bits per heavy atom. The van der Waals surface area contributed by atoms with Crippen molar-refractivity contribution in [1.82, 2.24) is 4.72 Å². The van der Waals surface area contributed by atoms with Crippen LogP contribution in [0.25, 0.3) is 0 Å². The predicted octanol–water partition coefficient (Wildman–Crippen LogP) is 4.43. The van der Waals surface area contributed by atoms with E-state index in [0.717, 1.165) is 12.8 Å². The maximum Gasteiger partial charge on any atom is 0.216 e. The predicted molar refractivity (Wildman–Crippen MR) is 96.4 cm³/mol. The van der Waals surface area contributed by atoms with Crippen LogP contribution in [-0.2, 0) is 22.2 Å². The Bertz CT molecular complexity index is 728. The van der Waals surface area contributed by atoms with Crippen LogP contribution in [0.2, 0.25) is 10.0 Å². The van der Waals surface area contributed by atoms with Crippen LogP contribution in [0.4, 0.5) is 0 Å². The molecule has 0 amide bonds. The number of halogens is 2. The molecule has 0 aliphatic carbocycles. The van der Waals surface area contributed by atoms with Crippen molar-refractivity contribution in [1.29, 1.82) is 0 Å². The largest absolute Gasteiger partial charge is 0.216 e. The van der Waals surface area contributed by atoms with Crippen molar-refractivity contribution in [2.75, 3.05) is 0 Å². The van der Waals surface area contributed by atoms with E-state index in [2.05, 4.69) is 4.72 Å². The quantitative estimate of drug-likeness (QED) is 0.781. The molecule has 0 bridgehead atoms. The second kappa shape index (κ2) is 8.15. The first kappa shape index (κ1) is 18.3. The maximum absolute atomic E-state index is 12.3. The molecular weight excluding hydrogens is 353 g/mol. The molecule has 6 heteroatoms. The van der Waals surface area contributed by atoms with Crippen molar-refractivity contribution in [2.45, 2.75) is 31.6 Å². The van der Waals surface area contributed by atoms with E-state index in [-0.39, 0.29) is 11.8 Å².